The molecule has 5 aromatic heterocycles. The fourth-order valence-electron chi connectivity index (χ4n) is 4.40. The molecule has 0 radical (unpaired) electrons. The van der Waals surface area contributed by atoms with E-state index in [4.69, 9.17) is 10.7 Å². The molecule has 5 N–H and O–H groups in total. The molecular weight excluding hydrogens is 516 g/mol. The first-order chi connectivity index (χ1) is 18.8. The highest BCUT2D eigenvalue weighted by Crippen LogP contribution is 2.26. The topological polar surface area (TPSA) is 160 Å². The van der Waals surface area contributed by atoms with E-state index in [1.54, 1.807) is 53.3 Å². The van der Waals surface area contributed by atoms with E-state index < -0.39 is 11.9 Å². The quantitative estimate of drug-likeness (QED) is 0.220. The lowest BCUT2D eigenvalue weighted by atomic mass is 10.0. The summed E-state index contributed by atoms with van der Waals surface area (Å²) < 4.78 is 2.43. The van der Waals surface area contributed by atoms with Crippen LogP contribution in [0, 0.1) is 5.92 Å². The summed E-state index contributed by atoms with van der Waals surface area (Å²) >= 11 is 1.33. The molecule has 0 saturated carbocycles. The Morgan fingerprint density at radius 2 is 1.97 bits per heavy atom. The number of fused-ring (bicyclic) bond motifs is 2. The summed E-state index contributed by atoms with van der Waals surface area (Å²) in [6.45, 7) is 4.08. The van der Waals surface area contributed by atoms with Gasteiger partial charge in [0.1, 0.15) is 11.4 Å². The summed E-state index contributed by atoms with van der Waals surface area (Å²) in [5.41, 5.74) is 8.81. The van der Waals surface area contributed by atoms with Crippen molar-refractivity contribution in [2.45, 2.75) is 32.9 Å². The Morgan fingerprint density at radius 1 is 1.13 bits per heavy atom. The van der Waals surface area contributed by atoms with E-state index in [-0.39, 0.29) is 30.7 Å². The number of hydrogen-bond acceptors (Lipinski definition) is 9. The van der Waals surface area contributed by atoms with E-state index >= 15 is 0 Å². The Hall–Kier alpha value is -4.42. The first kappa shape index (κ1) is 26.2. The SMILES string of the molecule is CC(C)C[C@@H](CO)NC(=O)c1c(-c2ccccn2)nc2c(C(=O)NCc3cnc4nc(N)sc4c3)cccn12. The molecule has 11 nitrogen and oxygen atoms in total. The average Bonchev–Trinajstić information content (AvgIpc) is 3.50. The van der Waals surface area contributed by atoms with Crippen molar-refractivity contribution in [3.8, 4) is 11.4 Å². The number of pyridine rings is 3. The van der Waals surface area contributed by atoms with Crippen LogP contribution in [0.25, 0.3) is 27.4 Å². The third-order valence-electron chi connectivity index (χ3n) is 6.10. The number of nitrogens with zero attached hydrogens (tertiary/aromatic N) is 5. The van der Waals surface area contributed by atoms with Crippen LogP contribution in [0.15, 0.2) is 55.0 Å². The molecule has 2 amide bonds. The Morgan fingerprint density at radius 3 is 2.72 bits per heavy atom. The molecular formula is C27H28N8O3S. The van der Waals surface area contributed by atoms with E-state index in [1.807, 2.05) is 19.9 Å². The van der Waals surface area contributed by atoms with Gasteiger partial charge in [-0.25, -0.2) is 15.0 Å². The second-order valence-electron chi connectivity index (χ2n) is 9.52. The number of nitrogens with one attached hydrogen (secondary N) is 2. The highest BCUT2D eigenvalue weighted by Gasteiger charge is 2.26. The van der Waals surface area contributed by atoms with Gasteiger partial charge >= 0.3 is 0 Å². The van der Waals surface area contributed by atoms with E-state index in [9.17, 15) is 14.7 Å². The molecule has 0 aliphatic heterocycles. The maximum Gasteiger partial charge on any atom is 0.270 e. The summed E-state index contributed by atoms with van der Waals surface area (Å²) in [4.78, 5) is 44.4. The zero-order valence-corrected chi connectivity index (χ0v) is 22.3. The monoisotopic (exact) mass is 544 g/mol. The van der Waals surface area contributed by atoms with Crippen LogP contribution in [0.2, 0.25) is 0 Å². The number of amides is 2. The smallest absolute Gasteiger partial charge is 0.270 e. The van der Waals surface area contributed by atoms with Gasteiger partial charge in [-0.2, -0.15) is 0 Å². The number of aliphatic hydroxyl groups excluding tert-OH is 1. The van der Waals surface area contributed by atoms with Gasteiger partial charge in [-0.1, -0.05) is 31.3 Å². The van der Waals surface area contributed by atoms with E-state index in [2.05, 4.69) is 25.6 Å². The fourth-order valence-corrected chi connectivity index (χ4v) is 5.15. The third kappa shape index (κ3) is 5.56. The van der Waals surface area contributed by atoms with Gasteiger partial charge in [0.25, 0.3) is 11.8 Å². The number of anilines is 1. The Bertz CT molecular complexity index is 1650. The summed E-state index contributed by atoms with van der Waals surface area (Å²) in [5, 5.41) is 16.1. The molecule has 39 heavy (non-hydrogen) atoms. The van der Waals surface area contributed by atoms with Crippen molar-refractivity contribution in [2.24, 2.45) is 5.92 Å². The number of nitrogens with two attached hydrogens (primary N) is 1. The van der Waals surface area contributed by atoms with Crippen LogP contribution in [0.1, 0.15) is 46.7 Å². The maximum absolute atomic E-state index is 13.5. The molecule has 0 aromatic carbocycles. The van der Waals surface area contributed by atoms with Gasteiger partial charge < -0.3 is 21.5 Å². The molecule has 0 fully saturated rings. The molecule has 1 atom stereocenters. The number of carbonyl (C=O) groups is 2. The molecule has 5 aromatic rings. The van der Waals surface area contributed by atoms with Gasteiger partial charge in [0, 0.05) is 25.1 Å². The number of rotatable bonds is 9. The Balaban J connectivity index is 1.48. The summed E-state index contributed by atoms with van der Waals surface area (Å²) in [6.07, 6.45) is 5.56. The molecule has 0 aliphatic rings. The second-order valence-corrected chi connectivity index (χ2v) is 10.6. The van der Waals surface area contributed by atoms with Gasteiger partial charge in [-0.15, -0.1) is 0 Å². The predicted molar refractivity (Wildman–Crippen MR) is 149 cm³/mol. The zero-order chi connectivity index (χ0) is 27.5. The molecule has 0 saturated heterocycles. The van der Waals surface area contributed by atoms with E-state index in [1.165, 1.54) is 11.3 Å². The van der Waals surface area contributed by atoms with Crippen molar-refractivity contribution in [3.63, 3.8) is 0 Å². The number of aromatic nitrogens is 5. The molecule has 0 unspecified atom stereocenters. The van der Waals surface area contributed by atoms with Crippen molar-refractivity contribution < 1.29 is 14.7 Å². The second kappa shape index (κ2) is 11.1. The third-order valence-corrected chi connectivity index (χ3v) is 6.92. The zero-order valence-electron chi connectivity index (χ0n) is 21.5. The highest BCUT2D eigenvalue weighted by molar-refractivity contribution is 7.22. The molecule has 5 heterocycles. The largest absolute Gasteiger partial charge is 0.394 e. The van der Waals surface area contributed by atoms with Crippen LogP contribution in [-0.2, 0) is 6.54 Å². The molecule has 5 rings (SSSR count). The van der Waals surface area contributed by atoms with Crippen LogP contribution in [0.3, 0.4) is 0 Å². The molecule has 0 spiro atoms. The van der Waals surface area contributed by atoms with Crippen molar-refractivity contribution in [1.82, 2.24) is 35.0 Å². The molecule has 200 valence electrons. The lowest BCUT2D eigenvalue weighted by molar-refractivity contribution is 0.0901. The van der Waals surface area contributed by atoms with Crippen molar-refractivity contribution in [1.29, 1.82) is 0 Å². The van der Waals surface area contributed by atoms with Gasteiger partial charge in [0.15, 0.2) is 16.4 Å². The summed E-state index contributed by atoms with van der Waals surface area (Å²) in [7, 11) is 0. The maximum atomic E-state index is 13.5. The van der Waals surface area contributed by atoms with Crippen LogP contribution >= 0.6 is 11.3 Å². The molecule has 0 aliphatic carbocycles. The predicted octanol–water partition coefficient (Wildman–Crippen LogP) is 3.05. The van der Waals surface area contributed by atoms with Crippen molar-refractivity contribution >= 4 is 44.3 Å². The number of carbonyl (C=O) groups excluding carboxylic acids is 2. The Labute approximate surface area is 228 Å². The molecule has 12 heteroatoms. The van der Waals surface area contributed by atoms with E-state index in [0.717, 1.165) is 10.3 Å². The lowest BCUT2D eigenvalue weighted by Gasteiger charge is -2.18. The van der Waals surface area contributed by atoms with Gasteiger partial charge in [0.2, 0.25) is 0 Å². The number of imidazole rings is 1. The van der Waals surface area contributed by atoms with Crippen molar-refractivity contribution in [3.05, 3.63) is 71.8 Å². The molecule has 0 bridgehead atoms. The fraction of sp³-hybridized carbons (Fsp3) is 0.259. The van der Waals surface area contributed by atoms with Crippen LogP contribution < -0.4 is 16.4 Å². The minimum atomic E-state index is -0.425. The minimum absolute atomic E-state index is 0.192. The summed E-state index contributed by atoms with van der Waals surface area (Å²) in [6, 6.07) is 10.1. The highest BCUT2D eigenvalue weighted by atomic mass is 32.1. The number of hydrogen-bond donors (Lipinski definition) is 4. The van der Waals surface area contributed by atoms with Crippen molar-refractivity contribution in [2.75, 3.05) is 12.3 Å². The lowest BCUT2D eigenvalue weighted by Crippen LogP contribution is -2.39. The Kier molecular flexibility index (Phi) is 7.48. The van der Waals surface area contributed by atoms with Gasteiger partial charge in [-0.05, 0) is 48.2 Å². The number of thiazole rings is 1. The summed E-state index contributed by atoms with van der Waals surface area (Å²) in [5.74, 6) is -0.495. The number of aliphatic hydroxyl groups is 1. The first-order valence-corrected chi connectivity index (χ1v) is 13.3. The average molecular weight is 545 g/mol. The van der Waals surface area contributed by atoms with Crippen LogP contribution in [-0.4, -0.2) is 53.9 Å². The van der Waals surface area contributed by atoms with Gasteiger partial charge in [-0.3, -0.25) is 19.0 Å². The normalized spacial score (nSPS) is 12.2. The standard InChI is InChI=1S/C27H28N8O3S/c1-15(2)10-17(14-36)32-26(38)22-21(19-7-3-4-8-29-19)33-24-18(6-5-9-35(22)24)25(37)31-13-16-11-20-23(30-12-16)34-27(28)39-20/h3-9,11-12,15,17,36H,10,13-14H2,1-2H3,(H,31,37)(H,32,38)(H2,28,30,34)/t17-/m0/s1. The van der Waals surface area contributed by atoms with Crippen LogP contribution in [0.5, 0.6) is 0 Å². The number of nitrogen functional groups attached to an aromatic ring is 1. The van der Waals surface area contributed by atoms with Crippen LogP contribution in [0.4, 0.5) is 5.13 Å². The van der Waals surface area contributed by atoms with Gasteiger partial charge in [0.05, 0.1) is 28.6 Å². The first-order valence-electron chi connectivity index (χ1n) is 12.5. The minimum Gasteiger partial charge on any atom is -0.394 e. The van der Waals surface area contributed by atoms with E-state index in [0.29, 0.717) is 39.8 Å².